The molecule has 1 aromatic carbocycles. The number of nitrogens with one attached hydrogen (secondary N) is 1. The van der Waals surface area contributed by atoms with Crippen LogP contribution in [0.25, 0.3) is 0 Å². The standard InChI is InChI=1S/C26H34F3N5O3/c1-15-7-5-6-8-18(15)19(12-26(27,28)29)30-23(36)21-11-17(35)13-33(21)24(37)22(25(2,3)4)34-14-20(31-32-34)16-9-10-16/h5-8,14,16-17,19,21-22,35H,9-13H2,1-4H3,(H,30,36)/t17-,19?,21+,22-/m1/s1. The minimum atomic E-state index is -4.52. The Morgan fingerprint density at radius 3 is 2.46 bits per heavy atom. The van der Waals surface area contributed by atoms with Crippen LogP contribution < -0.4 is 5.32 Å². The molecule has 2 aromatic rings. The van der Waals surface area contributed by atoms with E-state index in [1.54, 1.807) is 37.4 Å². The highest BCUT2D eigenvalue weighted by Gasteiger charge is 2.46. The Hall–Kier alpha value is -2.95. The Balaban J connectivity index is 1.59. The van der Waals surface area contributed by atoms with Gasteiger partial charge in [0.05, 0.1) is 24.3 Å². The average Bonchev–Trinajstić information content (AvgIpc) is 3.39. The predicted molar refractivity (Wildman–Crippen MR) is 129 cm³/mol. The number of carbonyl (C=O) groups excluding carboxylic acids is 2. The largest absolute Gasteiger partial charge is 0.391 e. The van der Waals surface area contributed by atoms with Crippen molar-refractivity contribution in [1.82, 2.24) is 25.2 Å². The maximum atomic E-state index is 13.9. The molecule has 1 unspecified atom stereocenters. The zero-order valence-electron chi connectivity index (χ0n) is 21.5. The van der Waals surface area contributed by atoms with Crippen molar-refractivity contribution < 1.29 is 27.9 Å². The van der Waals surface area contributed by atoms with Crippen LogP contribution in [-0.4, -0.2) is 61.7 Å². The molecule has 202 valence electrons. The number of halogens is 3. The van der Waals surface area contributed by atoms with Crippen LogP contribution in [0.1, 0.15) is 81.3 Å². The molecule has 0 bridgehead atoms. The van der Waals surface area contributed by atoms with E-state index < -0.39 is 54.1 Å². The summed E-state index contributed by atoms with van der Waals surface area (Å²) in [6.07, 6.45) is -3.01. The lowest BCUT2D eigenvalue weighted by Gasteiger charge is -2.35. The molecule has 4 rings (SSSR count). The molecule has 2 aliphatic rings. The summed E-state index contributed by atoms with van der Waals surface area (Å²) in [6.45, 7) is 7.19. The van der Waals surface area contributed by atoms with Crippen LogP contribution in [0.5, 0.6) is 0 Å². The van der Waals surface area contributed by atoms with Gasteiger partial charge in [-0.1, -0.05) is 50.3 Å². The number of rotatable bonds is 7. The monoisotopic (exact) mass is 521 g/mol. The van der Waals surface area contributed by atoms with Crippen molar-refractivity contribution in [1.29, 1.82) is 0 Å². The number of hydrogen-bond donors (Lipinski definition) is 2. The Morgan fingerprint density at radius 2 is 1.86 bits per heavy atom. The number of aliphatic hydroxyl groups excluding tert-OH is 1. The SMILES string of the molecule is Cc1ccccc1C(CC(F)(F)F)NC(=O)[C@@H]1C[C@@H](O)CN1C(=O)[C@@H](n1cc(C2CC2)nn1)C(C)(C)C. The highest BCUT2D eigenvalue weighted by atomic mass is 19.4. The van der Waals surface area contributed by atoms with E-state index in [-0.39, 0.29) is 13.0 Å². The van der Waals surface area contributed by atoms with Crippen molar-refractivity contribution in [2.24, 2.45) is 5.41 Å². The molecule has 4 atom stereocenters. The highest BCUT2D eigenvalue weighted by Crippen LogP contribution is 2.40. The van der Waals surface area contributed by atoms with Gasteiger partial charge in [-0.05, 0) is 36.3 Å². The summed E-state index contributed by atoms with van der Waals surface area (Å²) >= 11 is 0. The van der Waals surface area contributed by atoms with Crippen LogP contribution in [0, 0.1) is 12.3 Å². The molecule has 1 saturated carbocycles. The summed E-state index contributed by atoms with van der Waals surface area (Å²) in [6, 6.07) is 3.32. The van der Waals surface area contributed by atoms with E-state index in [1.807, 2.05) is 20.8 Å². The van der Waals surface area contributed by atoms with Gasteiger partial charge in [-0.3, -0.25) is 9.59 Å². The van der Waals surface area contributed by atoms with Gasteiger partial charge >= 0.3 is 6.18 Å². The van der Waals surface area contributed by atoms with Gasteiger partial charge in [0, 0.05) is 25.1 Å². The number of likely N-dealkylation sites (tertiary alicyclic amines) is 1. The molecule has 1 aliphatic carbocycles. The minimum Gasteiger partial charge on any atom is -0.391 e. The second-order valence-corrected chi connectivity index (χ2v) is 11.3. The van der Waals surface area contributed by atoms with Crippen LogP contribution in [0.3, 0.4) is 0 Å². The van der Waals surface area contributed by atoms with E-state index in [0.29, 0.717) is 17.0 Å². The van der Waals surface area contributed by atoms with Crippen molar-refractivity contribution in [3.63, 3.8) is 0 Å². The first-order chi connectivity index (χ1) is 17.2. The summed E-state index contributed by atoms with van der Waals surface area (Å²) in [4.78, 5) is 28.5. The molecule has 2 fully saturated rings. The van der Waals surface area contributed by atoms with Gasteiger partial charge in [-0.2, -0.15) is 13.2 Å². The number of nitrogens with zero attached hydrogens (tertiary/aromatic N) is 4. The first-order valence-corrected chi connectivity index (χ1v) is 12.6. The molecular formula is C26H34F3N5O3. The van der Waals surface area contributed by atoms with Crippen molar-refractivity contribution in [2.45, 2.75) is 89.7 Å². The predicted octanol–water partition coefficient (Wildman–Crippen LogP) is 3.82. The zero-order valence-corrected chi connectivity index (χ0v) is 21.5. The lowest BCUT2D eigenvalue weighted by Crippen LogP contribution is -2.51. The number of benzene rings is 1. The van der Waals surface area contributed by atoms with Crippen LogP contribution in [0.15, 0.2) is 30.5 Å². The van der Waals surface area contributed by atoms with Gasteiger partial charge in [0.15, 0.2) is 0 Å². The quantitative estimate of drug-likeness (QED) is 0.577. The summed E-state index contributed by atoms with van der Waals surface area (Å²) in [5.41, 5.74) is 1.17. The van der Waals surface area contributed by atoms with Crippen molar-refractivity contribution in [2.75, 3.05) is 6.54 Å². The second kappa shape index (κ2) is 10.1. The Morgan fingerprint density at radius 1 is 1.19 bits per heavy atom. The molecule has 0 radical (unpaired) electrons. The van der Waals surface area contributed by atoms with Gasteiger partial charge in [0.25, 0.3) is 0 Å². The topological polar surface area (TPSA) is 100 Å². The number of hydrogen-bond acceptors (Lipinski definition) is 5. The van der Waals surface area contributed by atoms with Crippen LogP contribution in [0.2, 0.25) is 0 Å². The van der Waals surface area contributed by atoms with Gasteiger partial charge < -0.3 is 15.3 Å². The molecule has 2 heterocycles. The van der Waals surface area contributed by atoms with Crippen LogP contribution in [-0.2, 0) is 9.59 Å². The lowest BCUT2D eigenvalue weighted by atomic mass is 9.85. The molecule has 1 aliphatic heterocycles. The van der Waals surface area contributed by atoms with E-state index in [0.717, 1.165) is 18.5 Å². The minimum absolute atomic E-state index is 0.0639. The van der Waals surface area contributed by atoms with Crippen LogP contribution >= 0.6 is 0 Å². The number of amides is 2. The van der Waals surface area contributed by atoms with Gasteiger partial charge in [0.1, 0.15) is 12.1 Å². The van der Waals surface area contributed by atoms with Gasteiger partial charge in [0.2, 0.25) is 11.8 Å². The van der Waals surface area contributed by atoms with Crippen molar-refractivity contribution in [3.8, 4) is 0 Å². The fourth-order valence-corrected chi connectivity index (χ4v) is 5.04. The number of aromatic nitrogens is 3. The van der Waals surface area contributed by atoms with E-state index in [9.17, 15) is 27.9 Å². The third-order valence-corrected chi connectivity index (χ3v) is 7.02. The summed E-state index contributed by atoms with van der Waals surface area (Å²) in [5, 5.41) is 21.3. The van der Waals surface area contributed by atoms with E-state index in [2.05, 4.69) is 15.6 Å². The first-order valence-electron chi connectivity index (χ1n) is 12.6. The number of alkyl halides is 3. The first kappa shape index (κ1) is 27.1. The Bertz CT molecular complexity index is 1140. The maximum absolute atomic E-state index is 13.9. The molecule has 2 amide bonds. The van der Waals surface area contributed by atoms with E-state index in [1.165, 1.54) is 9.58 Å². The molecule has 11 heteroatoms. The number of aliphatic hydroxyl groups is 1. The molecule has 8 nitrogen and oxygen atoms in total. The van der Waals surface area contributed by atoms with Crippen molar-refractivity contribution in [3.05, 3.63) is 47.3 Å². The average molecular weight is 522 g/mol. The maximum Gasteiger partial charge on any atom is 0.391 e. The fraction of sp³-hybridized carbons (Fsp3) is 0.615. The van der Waals surface area contributed by atoms with Crippen molar-refractivity contribution >= 4 is 11.8 Å². The number of carbonyl (C=O) groups is 2. The zero-order chi connectivity index (χ0) is 27.1. The normalized spacial score (nSPS) is 22.1. The summed E-state index contributed by atoms with van der Waals surface area (Å²) in [7, 11) is 0. The second-order valence-electron chi connectivity index (χ2n) is 11.3. The fourth-order valence-electron chi connectivity index (χ4n) is 5.04. The number of β-amino-alcohol motifs (C(OH)–C–C–N with tert-alkyl or cyclic N) is 1. The Labute approximate surface area is 214 Å². The third-order valence-electron chi connectivity index (χ3n) is 7.02. The van der Waals surface area contributed by atoms with E-state index >= 15 is 0 Å². The Kier molecular flexibility index (Phi) is 7.38. The molecule has 0 spiro atoms. The van der Waals surface area contributed by atoms with Gasteiger partial charge in [-0.25, -0.2) is 4.68 Å². The lowest BCUT2D eigenvalue weighted by molar-refractivity contribution is -0.148. The number of aryl methyl sites for hydroxylation is 1. The molecule has 1 aromatic heterocycles. The van der Waals surface area contributed by atoms with Crippen LogP contribution in [0.4, 0.5) is 13.2 Å². The highest BCUT2D eigenvalue weighted by molar-refractivity contribution is 5.90. The summed E-state index contributed by atoms with van der Waals surface area (Å²) in [5.74, 6) is -0.823. The molecule has 2 N–H and O–H groups in total. The third kappa shape index (κ3) is 6.31. The molecule has 37 heavy (non-hydrogen) atoms. The molecular weight excluding hydrogens is 487 g/mol. The molecule has 1 saturated heterocycles. The smallest absolute Gasteiger partial charge is 0.391 e. The van der Waals surface area contributed by atoms with E-state index in [4.69, 9.17) is 0 Å². The van der Waals surface area contributed by atoms with Gasteiger partial charge in [-0.15, -0.1) is 5.10 Å². The summed E-state index contributed by atoms with van der Waals surface area (Å²) < 4.78 is 41.8.